The zero-order valence-electron chi connectivity index (χ0n) is 10.6. The van der Waals surface area contributed by atoms with E-state index in [1.165, 1.54) is 24.9 Å². The van der Waals surface area contributed by atoms with E-state index in [9.17, 15) is 0 Å². The van der Waals surface area contributed by atoms with Gasteiger partial charge in [0.05, 0.1) is 0 Å². The van der Waals surface area contributed by atoms with Gasteiger partial charge in [-0.25, -0.2) is 0 Å². The number of nitrogens with zero attached hydrogens (tertiary/aromatic N) is 1. The molecule has 1 aromatic rings. The maximum absolute atomic E-state index is 6.44. The average Bonchev–Trinajstić information content (AvgIpc) is 2.94. The number of hydrogen-bond acceptors (Lipinski definition) is 2. The van der Waals surface area contributed by atoms with Gasteiger partial charge in [0.2, 0.25) is 0 Å². The van der Waals surface area contributed by atoms with Crippen LogP contribution < -0.4 is 0 Å². The Balaban J connectivity index is 1.97. The van der Waals surface area contributed by atoms with Crippen molar-refractivity contribution >= 4 is 8.30 Å². The maximum atomic E-state index is 6.44. The van der Waals surface area contributed by atoms with E-state index in [-0.39, 0.29) is 13.9 Å². The van der Waals surface area contributed by atoms with E-state index in [1.807, 2.05) is 0 Å². The Morgan fingerprint density at radius 1 is 1.41 bits per heavy atom. The molecule has 3 rings (SSSR count). The van der Waals surface area contributed by atoms with Crippen molar-refractivity contribution in [2.45, 2.75) is 38.3 Å². The molecule has 0 amide bonds. The van der Waals surface area contributed by atoms with Crippen molar-refractivity contribution in [2.75, 3.05) is 12.7 Å². The number of fused-ring (bicyclic) bond motifs is 1. The molecule has 0 aliphatic carbocycles. The Morgan fingerprint density at radius 3 is 2.88 bits per heavy atom. The monoisotopic (exact) mass is 249 g/mol. The summed E-state index contributed by atoms with van der Waals surface area (Å²) < 4.78 is 9.07. The highest BCUT2D eigenvalue weighted by Gasteiger charge is 2.52. The first-order chi connectivity index (χ1) is 8.25. The molecule has 2 saturated heterocycles. The third-order valence-corrected chi connectivity index (χ3v) is 6.24. The summed E-state index contributed by atoms with van der Waals surface area (Å²) in [5.74, 6) is 0. The molecule has 3 heteroatoms. The average molecular weight is 249 g/mol. The standard InChI is InChI=1S/C14H20NOP/c1-3-17-15-11-7-10-13(15)14(2,16-17)12-8-5-4-6-9-12/h4-6,8-9,13H,3,7,10-11H2,1-2H3/t13-,14+,17-/m0/s1. The fourth-order valence-electron chi connectivity index (χ4n) is 3.17. The van der Waals surface area contributed by atoms with Crippen molar-refractivity contribution in [2.24, 2.45) is 0 Å². The van der Waals surface area contributed by atoms with Gasteiger partial charge in [0.15, 0.2) is 0 Å². The molecule has 2 aliphatic heterocycles. The molecule has 92 valence electrons. The molecule has 3 atom stereocenters. The van der Waals surface area contributed by atoms with Gasteiger partial charge in [-0.1, -0.05) is 37.3 Å². The molecule has 2 nitrogen and oxygen atoms in total. The molecule has 2 fully saturated rings. The summed E-state index contributed by atoms with van der Waals surface area (Å²) >= 11 is 0. The highest BCUT2D eigenvalue weighted by Crippen LogP contribution is 2.61. The summed E-state index contributed by atoms with van der Waals surface area (Å²) in [6, 6.07) is 11.3. The van der Waals surface area contributed by atoms with Crippen LogP contribution in [-0.4, -0.2) is 23.4 Å². The van der Waals surface area contributed by atoms with Crippen molar-refractivity contribution in [3.05, 3.63) is 35.9 Å². The quantitative estimate of drug-likeness (QED) is 0.740. The topological polar surface area (TPSA) is 12.5 Å². The Morgan fingerprint density at radius 2 is 2.18 bits per heavy atom. The second-order valence-corrected chi connectivity index (χ2v) is 7.09. The van der Waals surface area contributed by atoms with Crippen LogP contribution in [0.15, 0.2) is 30.3 Å². The van der Waals surface area contributed by atoms with Gasteiger partial charge in [-0.2, -0.15) is 0 Å². The van der Waals surface area contributed by atoms with Crippen LogP contribution >= 0.6 is 8.30 Å². The molecular weight excluding hydrogens is 229 g/mol. The minimum absolute atomic E-state index is 0.0839. The summed E-state index contributed by atoms with van der Waals surface area (Å²) in [6.45, 7) is 5.76. The van der Waals surface area contributed by atoms with Crippen LogP contribution in [0.1, 0.15) is 32.3 Å². The minimum Gasteiger partial charge on any atom is -0.331 e. The number of hydrogen-bond donors (Lipinski definition) is 0. The molecule has 1 aromatic carbocycles. The highest BCUT2D eigenvalue weighted by atomic mass is 31.2. The summed E-state index contributed by atoms with van der Waals surface area (Å²) in [7, 11) is -0.361. The van der Waals surface area contributed by atoms with Gasteiger partial charge in [-0.05, 0) is 25.3 Å². The number of benzene rings is 1. The predicted octanol–water partition coefficient (Wildman–Crippen LogP) is 3.73. The van der Waals surface area contributed by atoms with Gasteiger partial charge in [0.1, 0.15) is 13.9 Å². The predicted molar refractivity (Wildman–Crippen MR) is 72.1 cm³/mol. The smallest absolute Gasteiger partial charge is 0.112 e. The van der Waals surface area contributed by atoms with Gasteiger partial charge < -0.3 is 4.52 Å². The third-order valence-electron chi connectivity index (χ3n) is 4.06. The van der Waals surface area contributed by atoms with Gasteiger partial charge in [0, 0.05) is 18.7 Å². The summed E-state index contributed by atoms with van der Waals surface area (Å²) in [6.07, 6.45) is 3.76. The van der Waals surface area contributed by atoms with Crippen molar-refractivity contribution in [1.29, 1.82) is 0 Å². The van der Waals surface area contributed by atoms with Crippen molar-refractivity contribution in [3.8, 4) is 0 Å². The van der Waals surface area contributed by atoms with E-state index in [1.54, 1.807) is 0 Å². The number of rotatable bonds is 2. The second kappa shape index (κ2) is 4.35. The largest absolute Gasteiger partial charge is 0.331 e. The zero-order valence-corrected chi connectivity index (χ0v) is 11.5. The molecule has 0 N–H and O–H groups in total. The maximum Gasteiger partial charge on any atom is 0.112 e. The lowest BCUT2D eigenvalue weighted by atomic mass is 9.87. The first-order valence-electron chi connectivity index (χ1n) is 6.54. The molecule has 2 heterocycles. The van der Waals surface area contributed by atoms with Gasteiger partial charge in [0.25, 0.3) is 0 Å². The van der Waals surface area contributed by atoms with Gasteiger partial charge in [-0.15, -0.1) is 0 Å². The van der Waals surface area contributed by atoms with Crippen LogP contribution in [0.4, 0.5) is 0 Å². The van der Waals surface area contributed by atoms with Gasteiger partial charge in [-0.3, -0.25) is 4.67 Å². The first-order valence-corrected chi connectivity index (χ1v) is 7.94. The fraction of sp³-hybridized carbons (Fsp3) is 0.571. The van der Waals surface area contributed by atoms with Crippen LogP contribution in [0.5, 0.6) is 0 Å². The summed E-state index contributed by atoms with van der Waals surface area (Å²) in [4.78, 5) is 0. The van der Waals surface area contributed by atoms with E-state index >= 15 is 0 Å². The minimum atomic E-state index is -0.361. The van der Waals surface area contributed by atoms with E-state index in [0.717, 1.165) is 6.16 Å². The Kier molecular flexibility index (Phi) is 2.98. The fourth-order valence-corrected chi connectivity index (χ4v) is 5.44. The molecule has 0 unspecified atom stereocenters. The third kappa shape index (κ3) is 1.74. The molecule has 0 radical (unpaired) electrons. The highest BCUT2D eigenvalue weighted by molar-refractivity contribution is 7.50. The molecule has 2 aliphatic rings. The van der Waals surface area contributed by atoms with Crippen LogP contribution in [-0.2, 0) is 10.1 Å². The van der Waals surface area contributed by atoms with Crippen molar-refractivity contribution < 1.29 is 4.52 Å². The lowest BCUT2D eigenvalue weighted by Gasteiger charge is -2.29. The van der Waals surface area contributed by atoms with Crippen molar-refractivity contribution in [1.82, 2.24) is 4.67 Å². The lowest BCUT2D eigenvalue weighted by Crippen LogP contribution is -2.36. The molecule has 0 bridgehead atoms. The zero-order chi connectivity index (χ0) is 11.9. The van der Waals surface area contributed by atoms with Crippen LogP contribution in [0, 0.1) is 0 Å². The molecule has 17 heavy (non-hydrogen) atoms. The Hall–Kier alpha value is -0.430. The SMILES string of the molecule is CC[P@]1O[C@](C)(c2ccccc2)[C@@H]2CCCN21. The summed E-state index contributed by atoms with van der Waals surface area (Å²) in [5, 5.41) is 0. The first kappa shape index (κ1) is 11.6. The Bertz CT molecular complexity index is 396. The molecule has 0 aromatic heterocycles. The Labute approximate surface area is 105 Å². The normalized spacial score (nSPS) is 37.3. The van der Waals surface area contributed by atoms with Crippen LogP contribution in [0.3, 0.4) is 0 Å². The molecular formula is C14H20NOP. The van der Waals surface area contributed by atoms with Crippen LogP contribution in [0.25, 0.3) is 0 Å². The van der Waals surface area contributed by atoms with E-state index in [0.29, 0.717) is 6.04 Å². The van der Waals surface area contributed by atoms with Gasteiger partial charge >= 0.3 is 0 Å². The van der Waals surface area contributed by atoms with E-state index in [4.69, 9.17) is 4.52 Å². The molecule has 0 saturated carbocycles. The van der Waals surface area contributed by atoms with E-state index < -0.39 is 0 Å². The van der Waals surface area contributed by atoms with Crippen molar-refractivity contribution in [3.63, 3.8) is 0 Å². The second-order valence-electron chi connectivity index (χ2n) is 5.05. The summed E-state index contributed by atoms with van der Waals surface area (Å²) in [5.41, 5.74) is 1.26. The lowest BCUT2D eigenvalue weighted by molar-refractivity contribution is 0.0884. The van der Waals surface area contributed by atoms with Crippen LogP contribution in [0.2, 0.25) is 0 Å². The van der Waals surface area contributed by atoms with E-state index in [2.05, 4.69) is 48.8 Å². The molecule has 0 spiro atoms.